The van der Waals surface area contributed by atoms with Gasteiger partial charge in [-0.3, -0.25) is 9.13 Å². The van der Waals surface area contributed by atoms with Crippen LogP contribution in [0.2, 0.25) is 0 Å². The average molecular weight is 690 g/mol. The lowest BCUT2D eigenvalue weighted by atomic mass is 9.84. The van der Waals surface area contributed by atoms with Gasteiger partial charge in [-0.2, -0.15) is 0 Å². The second-order valence-corrected chi connectivity index (χ2v) is 16.2. The molecular weight excluding hydrogens is 647 g/mol. The van der Waals surface area contributed by atoms with Gasteiger partial charge in [-0.25, -0.2) is 9.97 Å². The van der Waals surface area contributed by atoms with Crippen LogP contribution in [0.3, 0.4) is 0 Å². The van der Waals surface area contributed by atoms with Crippen LogP contribution in [0.15, 0.2) is 146 Å². The van der Waals surface area contributed by atoms with Crippen LogP contribution in [0.4, 0.5) is 0 Å². The molecule has 4 heterocycles. The molecule has 4 aromatic heterocycles. The number of H-pyrrole nitrogens is 1. The predicted molar refractivity (Wildman–Crippen MR) is 221 cm³/mol. The van der Waals surface area contributed by atoms with Gasteiger partial charge in [-0.1, -0.05) is 108 Å². The standard InChI is InChI=1S/C48H43N5/c1-47(2,3)34-21-25-42-38(30-34)37-22-23-40(50-46(37)53(42)44-26-24-39(49-44)31-15-9-7-10-16-31)32-27-33(29-35(28-32)48(4,5)6)45-51-41-19-13-14-20-43(41)52(45)36-17-11-8-12-18-36/h7-30,49H,1-6H3. The number of nitrogens with zero attached hydrogens (tertiary/aromatic N) is 4. The molecule has 5 heteroatoms. The molecule has 0 radical (unpaired) electrons. The van der Waals surface area contributed by atoms with Crippen LogP contribution in [0, 0.1) is 0 Å². The van der Waals surface area contributed by atoms with E-state index in [4.69, 9.17) is 9.97 Å². The summed E-state index contributed by atoms with van der Waals surface area (Å²) in [5.41, 5.74) is 12.9. The summed E-state index contributed by atoms with van der Waals surface area (Å²) in [4.78, 5) is 14.5. The second kappa shape index (κ2) is 12.2. The number of para-hydroxylation sites is 3. The Kier molecular flexibility index (Phi) is 7.53. The van der Waals surface area contributed by atoms with E-state index in [2.05, 4.69) is 201 Å². The van der Waals surface area contributed by atoms with Crippen LogP contribution in [-0.2, 0) is 10.8 Å². The lowest BCUT2D eigenvalue weighted by Crippen LogP contribution is -2.12. The van der Waals surface area contributed by atoms with Crippen molar-refractivity contribution < 1.29 is 0 Å². The molecule has 0 bridgehead atoms. The molecule has 260 valence electrons. The van der Waals surface area contributed by atoms with E-state index in [-0.39, 0.29) is 10.8 Å². The van der Waals surface area contributed by atoms with Crippen molar-refractivity contribution in [1.29, 1.82) is 0 Å². The number of hydrogen-bond donors (Lipinski definition) is 1. The Labute approximate surface area is 310 Å². The van der Waals surface area contributed by atoms with Crippen molar-refractivity contribution in [2.45, 2.75) is 52.4 Å². The third-order valence-corrected chi connectivity index (χ3v) is 10.4. The molecule has 0 unspecified atom stereocenters. The lowest BCUT2D eigenvalue weighted by Gasteiger charge is -2.22. The first-order chi connectivity index (χ1) is 25.5. The summed E-state index contributed by atoms with van der Waals surface area (Å²) in [5.74, 6) is 1.90. The third kappa shape index (κ3) is 5.73. The van der Waals surface area contributed by atoms with Gasteiger partial charge in [0.25, 0.3) is 0 Å². The summed E-state index contributed by atoms with van der Waals surface area (Å²) >= 11 is 0. The van der Waals surface area contributed by atoms with Gasteiger partial charge in [0.2, 0.25) is 0 Å². The first-order valence-corrected chi connectivity index (χ1v) is 18.4. The van der Waals surface area contributed by atoms with Crippen LogP contribution in [0.5, 0.6) is 0 Å². The van der Waals surface area contributed by atoms with E-state index >= 15 is 0 Å². The van der Waals surface area contributed by atoms with Crippen molar-refractivity contribution in [3.63, 3.8) is 0 Å². The molecule has 0 fully saturated rings. The maximum Gasteiger partial charge on any atom is 0.147 e. The Bertz CT molecular complexity index is 2780. The topological polar surface area (TPSA) is 51.4 Å². The summed E-state index contributed by atoms with van der Waals surface area (Å²) in [6, 6.07) is 51.9. The van der Waals surface area contributed by atoms with Crippen molar-refractivity contribution in [2.24, 2.45) is 0 Å². The highest BCUT2D eigenvalue weighted by molar-refractivity contribution is 6.08. The number of hydrogen-bond acceptors (Lipinski definition) is 2. The Hall–Kier alpha value is -6.20. The SMILES string of the molecule is CC(C)(C)c1cc(-c2ccc3c4cc(C(C)(C)C)ccc4n(-c4ccc(-c5ccccc5)[nH]4)c3n2)cc(-c2nc3ccccc3n2-c2ccccc2)c1. The maximum atomic E-state index is 5.53. The van der Waals surface area contributed by atoms with E-state index in [1.807, 2.05) is 0 Å². The van der Waals surface area contributed by atoms with Crippen molar-refractivity contribution in [1.82, 2.24) is 24.1 Å². The molecule has 0 aliphatic carbocycles. The molecule has 9 rings (SSSR count). The highest BCUT2D eigenvalue weighted by Crippen LogP contribution is 2.39. The monoisotopic (exact) mass is 689 g/mol. The number of nitrogens with one attached hydrogen (secondary N) is 1. The Morgan fingerprint density at radius 3 is 1.94 bits per heavy atom. The van der Waals surface area contributed by atoms with Gasteiger partial charge in [0.05, 0.1) is 22.2 Å². The Morgan fingerprint density at radius 2 is 1.19 bits per heavy atom. The van der Waals surface area contributed by atoms with Crippen LogP contribution in [-0.4, -0.2) is 24.1 Å². The molecule has 0 atom stereocenters. The van der Waals surface area contributed by atoms with E-state index < -0.39 is 0 Å². The van der Waals surface area contributed by atoms with Crippen LogP contribution >= 0.6 is 0 Å². The highest BCUT2D eigenvalue weighted by Gasteiger charge is 2.23. The number of imidazole rings is 1. The summed E-state index contributed by atoms with van der Waals surface area (Å²) in [6.45, 7) is 13.6. The van der Waals surface area contributed by atoms with Gasteiger partial charge in [0.15, 0.2) is 0 Å². The van der Waals surface area contributed by atoms with E-state index in [0.717, 1.165) is 73.0 Å². The molecule has 0 amide bonds. The van der Waals surface area contributed by atoms with Crippen LogP contribution in [0.25, 0.3) is 78.4 Å². The fourth-order valence-corrected chi connectivity index (χ4v) is 7.46. The Balaban J connectivity index is 1.28. The second-order valence-electron chi connectivity index (χ2n) is 16.2. The van der Waals surface area contributed by atoms with E-state index in [9.17, 15) is 0 Å². The van der Waals surface area contributed by atoms with Crippen molar-refractivity contribution in [2.75, 3.05) is 0 Å². The summed E-state index contributed by atoms with van der Waals surface area (Å²) in [6.07, 6.45) is 0. The first-order valence-electron chi connectivity index (χ1n) is 18.4. The largest absolute Gasteiger partial charge is 0.341 e. The third-order valence-electron chi connectivity index (χ3n) is 10.4. The van der Waals surface area contributed by atoms with Gasteiger partial charge in [-0.05, 0) is 106 Å². The van der Waals surface area contributed by atoms with Crippen molar-refractivity contribution >= 4 is 33.0 Å². The fraction of sp³-hybridized carbons (Fsp3) is 0.167. The molecule has 9 aromatic rings. The number of fused-ring (bicyclic) bond motifs is 4. The molecule has 5 nitrogen and oxygen atoms in total. The van der Waals surface area contributed by atoms with Gasteiger partial charge in [0.1, 0.15) is 17.3 Å². The molecule has 5 aromatic carbocycles. The van der Waals surface area contributed by atoms with Crippen molar-refractivity contribution in [3.05, 3.63) is 157 Å². The number of pyridine rings is 1. The van der Waals surface area contributed by atoms with Gasteiger partial charge < -0.3 is 4.98 Å². The normalized spacial score (nSPS) is 12.3. The van der Waals surface area contributed by atoms with Gasteiger partial charge >= 0.3 is 0 Å². The van der Waals surface area contributed by atoms with E-state index in [0.29, 0.717) is 0 Å². The molecule has 0 aliphatic rings. The molecule has 1 N–H and O–H groups in total. The quantitative estimate of drug-likeness (QED) is 0.196. The summed E-state index contributed by atoms with van der Waals surface area (Å²) in [7, 11) is 0. The minimum absolute atomic E-state index is 0.0168. The molecular formula is C48H43N5. The number of rotatable bonds is 5. The smallest absolute Gasteiger partial charge is 0.147 e. The Morgan fingerprint density at radius 1 is 0.491 bits per heavy atom. The van der Waals surface area contributed by atoms with Crippen LogP contribution < -0.4 is 0 Å². The molecule has 0 aliphatic heterocycles. The zero-order chi connectivity index (χ0) is 36.5. The van der Waals surface area contributed by atoms with E-state index in [1.165, 1.54) is 16.5 Å². The zero-order valence-electron chi connectivity index (χ0n) is 31.1. The van der Waals surface area contributed by atoms with Crippen molar-refractivity contribution in [3.8, 4) is 45.4 Å². The summed E-state index contributed by atoms with van der Waals surface area (Å²) in [5, 5.41) is 2.33. The van der Waals surface area contributed by atoms with E-state index in [1.54, 1.807) is 0 Å². The molecule has 0 saturated heterocycles. The maximum absolute atomic E-state index is 5.53. The average Bonchev–Trinajstić information content (AvgIpc) is 3.88. The molecule has 0 saturated carbocycles. The number of benzene rings is 5. The zero-order valence-corrected chi connectivity index (χ0v) is 31.1. The molecule has 53 heavy (non-hydrogen) atoms. The molecule has 0 spiro atoms. The summed E-state index contributed by atoms with van der Waals surface area (Å²) < 4.78 is 4.56. The minimum atomic E-state index is -0.102. The van der Waals surface area contributed by atoms with Gasteiger partial charge in [0, 0.05) is 33.3 Å². The minimum Gasteiger partial charge on any atom is -0.341 e. The lowest BCUT2D eigenvalue weighted by molar-refractivity contribution is 0.590. The highest BCUT2D eigenvalue weighted by atomic mass is 15.1. The first kappa shape index (κ1) is 32.7. The number of aromatic amines is 1. The predicted octanol–water partition coefficient (Wildman–Crippen LogP) is 12.4. The van der Waals surface area contributed by atoms with Crippen LogP contribution in [0.1, 0.15) is 52.7 Å². The van der Waals surface area contributed by atoms with Gasteiger partial charge in [-0.15, -0.1) is 0 Å². The fourth-order valence-electron chi connectivity index (χ4n) is 7.46. The number of aromatic nitrogens is 5.